The molecule has 0 radical (unpaired) electrons. The normalized spacial score (nSPS) is 18.5. The van der Waals surface area contributed by atoms with Gasteiger partial charge in [0.1, 0.15) is 12.2 Å². The lowest BCUT2D eigenvalue weighted by Crippen LogP contribution is -2.36. The summed E-state index contributed by atoms with van der Waals surface area (Å²) in [6.45, 7) is 3.45. The number of hydrogen-bond donors (Lipinski definition) is 3. The molecule has 0 aromatic carbocycles. The van der Waals surface area contributed by atoms with Crippen LogP contribution >= 0.6 is 0 Å². The molecule has 0 aromatic heterocycles. The van der Waals surface area contributed by atoms with Crippen LogP contribution < -0.4 is 10.6 Å². The van der Waals surface area contributed by atoms with Gasteiger partial charge in [-0.3, -0.25) is 4.99 Å². The van der Waals surface area contributed by atoms with Crippen LogP contribution in [0.4, 0.5) is 0 Å². The van der Waals surface area contributed by atoms with E-state index in [1.165, 1.54) is 18.3 Å². The number of nitrogens with zero attached hydrogens (tertiary/aromatic N) is 2. The standard InChI is InChI=1S/C10H17N5/c1-2-9-6-14-10(7-13-9)15-8-12-5-3-4-11/h4,6,8,11,13H,2-3,5,7H2,1H3,(H,12,14,15). The fourth-order valence-electron chi connectivity index (χ4n) is 1.09. The Hall–Kier alpha value is -1.65. The molecule has 0 aliphatic carbocycles. The van der Waals surface area contributed by atoms with E-state index in [1.54, 1.807) is 0 Å². The van der Waals surface area contributed by atoms with Gasteiger partial charge < -0.3 is 16.0 Å². The number of aliphatic imine (C=N–C) groups is 2. The van der Waals surface area contributed by atoms with Gasteiger partial charge in [-0.05, 0) is 12.6 Å². The Balaban J connectivity index is 2.33. The highest BCUT2D eigenvalue weighted by Crippen LogP contribution is 1.96. The molecule has 1 rings (SSSR count). The molecule has 0 spiro atoms. The van der Waals surface area contributed by atoms with Crippen LogP contribution in [0, 0.1) is 5.41 Å². The molecule has 1 heterocycles. The van der Waals surface area contributed by atoms with Crippen LogP contribution in [0.3, 0.4) is 0 Å². The molecule has 0 fully saturated rings. The molecule has 82 valence electrons. The van der Waals surface area contributed by atoms with Crippen LogP contribution in [0.25, 0.3) is 0 Å². The second-order valence-electron chi connectivity index (χ2n) is 3.11. The van der Waals surface area contributed by atoms with Crippen LogP contribution in [-0.4, -0.2) is 31.5 Å². The predicted octanol–water partition coefficient (Wildman–Crippen LogP) is 0.897. The minimum atomic E-state index is 0.629. The Morgan fingerprint density at radius 2 is 2.47 bits per heavy atom. The lowest BCUT2D eigenvalue weighted by atomic mass is 10.3. The molecule has 0 bridgehead atoms. The maximum atomic E-state index is 6.81. The quantitative estimate of drug-likeness (QED) is 0.356. The van der Waals surface area contributed by atoms with Gasteiger partial charge in [0.25, 0.3) is 0 Å². The molecular formula is C10H17N5. The lowest BCUT2D eigenvalue weighted by Gasteiger charge is -2.16. The summed E-state index contributed by atoms with van der Waals surface area (Å²) >= 11 is 0. The molecule has 3 N–H and O–H groups in total. The summed E-state index contributed by atoms with van der Waals surface area (Å²) in [7, 11) is 0. The fraction of sp³-hybridized carbons (Fsp3) is 0.500. The van der Waals surface area contributed by atoms with E-state index in [4.69, 9.17) is 5.41 Å². The first-order valence-electron chi connectivity index (χ1n) is 5.10. The monoisotopic (exact) mass is 207 g/mol. The van der Waals surface area contributed by atoms with Crippen molar-refractivity contribution in [3.8, 4) is 0 Å². The van der Waals surface area contributed by atoms with Gasteiger partial charge >= 0.3 is 0 Å². The summed E-state index contributed by atoms with van der Waals surface area (Å²) in [5.41, 5.74) is 1.19. The maximum Gasteiger partial charge on any atom is 0.127 e. The minimum absolute atomic E-state index is 0.629. The molecule has 5 heteroatoms. The molecule has 15 heavy (non-hydrogen) atoms. The molecule has 0 saturated carbocycles. The maximum absolute atomic E-state index is 6.81. The van der Waals surface area contributed by atoms with E-state index in [-0.39, 0.29) is 0 Å². The van der Waals surface area contributed by atoms with E-state index >= 15 is 0 Å². The summed E-state index contributed by atoms with van der Waals surface area (Å²) in [5.74, 6) is 0.866. The Labute approximate surface area is 89.9 Å². The lowest BCUT2D eigenvalue weighted by molar-refractivity contribution is 0.808. The zero-order valence-corrected chi connectivity index (χ0v) is 8.95. The molecule has 0 unspecified atom stereocenters. The SMILES string of the molecule is CCC1=CNC(=NC=NCCC=N)CN1. The van der Waals surface area contributed by atoms with Crippen LogP contribution in [0.5, 0.6) is 0 Å². The van der Waals surface area contributed by atoms with Crippen LogP contribution in [-0.2, 0) is 0 Å². The first-order chi connectivity index (χ1) is 7.36. The second kappa shape index (κ2) is 6.75. The summed E-state index contributed by atoms with van der Waals surface area (Å²) < 4.78 is 0. The number of rotatable bonds is 5. The summed E-state index contributed by atoms with van der Waals surface area (Å²) in [5, 5.41) is 13.2. The highest BCUT2D eigenvalue weighted by Gasteiger charge is 2.03. The predicted molar refractivity (Wildman–Crippen MR) is 63.7 cm³/mol. The Morgan fingerprint density at radius 1 is 1.60 bits per heavy atom. The van der Waals surface area contributed by atoms with E-state index in [1.807, 2.05) is 6.20 Å². The molecular weight excluding hydrogens is 190 g/mol. The Morgan fingerprint density at radius 3 is 3.07 bits per heavy atom. The largest absolute Gasteiger partial charge is 0.380 e. The summed E-state index contributed by atoms with van der Waals surface area (Å²) in [4.78, 5) is 8.20. The van der Waals surface area contributed by atoms with Gasteiger partial charge in [0.2, 0.25) is 0 Å². The Bertz CT molecular complexity index is 290. The number of allylic oxidation sites excluding steroid dienone is 1. The van der Waals surface area contributed by atoms with Crippen molar-refractivity contribution in [2.75, 3.05) is 13.1 Å². The van der Waals surface area contributed by atoms with Gasteiger partial charge in [0.05, 0.1) is 6.54 Å². The molecule has 0 atom stereocenters. The number of hydrogen-bond acceptors (Lipinski definition) is 3. The molecule has 1 aliphatic heterocycles. The smallest absolute Gasteiger partial charge is 0.127 e. The third kappa shape index (κ3) is 4.39. The minimum Gasteiger partial charge on any atom is -0.380 e. The number of nitrogens with one attached hydrogen (secondary N) is 3. The van der Waals surface area contributed by atoms with Crippen molar-refractivity contribution in [1.82, 2.24) is 10.6 Å². The molecule has 1 aliphatic rings. The van der Waals surface area contributed by atoms with Gasteiger partial charge in [-0.15, -0.1) is 0 Å². The van der Waals surface area contributed by atoms with Crippen molar-refractivity contribution in [2.45, 2.75) is 19.8 Å². The fourth-order valence-corrected chi connectivity index (χ4v) is 1.09. The van der Waals surface area contributed by atoms with Crippen molar-refractivity contribution >= 4 is 18.4 Å². The summed E-state index contributed by atoms with van der Waals surface area (Å²) in [6.07, 6.45) is 6.48. The van der Waals surface area contributed by atoms with E-state index in [0.717, 1.165) is 18.8 Å². The van der Waals surface area contributed by atoms with Crippen molar-refractivity contribution in [3.63, 3.8) is 0 Å². The van der Waals surface area contributed by atoms with E-state index in [9.17, 15) is 0 Å². The highest BCUT2D eigenvalue weighted by atomic mass is 15.1. The van der Waals surface area contributed by atoms with Gasteiger partial charge in [0.15, 0.2) is 0 Å². The van der Waals surface area contributed by atoms with E-state index < -0.39 is 0 Å². The topological polar surface area (TPSA) is 72.6 Å². The van der Waals surface area contributed by atoms with Crippen molar-refractivity contribution < 1.29 is 0 Å². The highest BCUT2D eigenvalue weighted by molar-refractivity contribution is 5.91. The molecule has 0 aromatic rings. The molecule has 0 amide bonds. The van der Waals surface area contributed by atoms with Crippen molar-refractivity contribution in [3.05, 3.63) is 11.9 Å². The number of amidine groups is 1. The van der Waals surface area contributed by atoms with Gasteiger partial charge in [-0.1, -0.05) is 6.92 Å². The second-order valence-corrected chi connectivity index (χ2v) is 3.11. The van der Waals surface area contributed by atoms with Crippen molar-refractivity contribution in [2.24, 2.45) is 9.98 Å². The summed E-state index contributed by atoms with van der Waals surface area (Å²) in [6, 6.07) is 0. The first kappa shape index (κ1) is 11.4. The molecule has 5 nitrogen and oxygen atoms in total. The third-order valence-corrected chi connectivity index (χ3v) is 1.97. The van der Waals surface area contributed by atoms with Gasteiger partial charge in [-0.2, -0.15) is 0 Å². The average molecular weight is 207 g/mol. The average Bonchev–Trinajstić information content (AvgIpc) is 2.30. The Kier molecular flexibility index (Phi) is 5.14. The molecule has 0 saturated heterocycles. The zero-order chi connectivity index (χ0) is 10.9. The third-order valence-electron chi connectivity index (χ3n) is 1.97. The van der Waals surface area contributed by atoms with Crippen LogP contribution in [0.15, 0.2) is 21.9 Å². The van der Waals surface area contributed by atoms with Gasteiger partial charge in [0, 0.05) is 24.9 Å². The van der Waals surface area contributed by atoms with Gasteiger partial charge in [-0.25, -0.2) is 4.99 Å². The van der Waals surface area contributed by atoms with E-state index in [2.05, 4.69) is 27.5 Å². The van der Waals surface area contributed by atoms with E-state index in [0.29, 0.717) is 13.0 Å². The van der Waals surface area contributed by atoms with Crippen molar-refractivity contribution in [1.29, 1.82) is 5.41 Å². The van der Waals surface area contributed by atoms with Crippen LogP contribution in [0.1, 0.15) is 19.8 Å². The first-order valence-corrected chi connectivity index (χ1v) is 5.10. The van der Waals surface area contributed by atoms with Crippen LogP contribution in [0.2, 0.25) is 0 Å². The zero-order valence-electron chi connectivity index (χ0n) is 8.95.